The summed E-state index contributed by atoms with van der Waals surface area (Å²) in [5, 5.41) is 9.01. The summed E-state index contributed by atoms with van der Waals surface area (Å²) in [6.45, 7) is 3.84. The molecule has 1 saturated heterocycles. The zero-order valence-corrected chi connectivity index (χ0v) is 10.8. The molecule has 0 aromatic heterocycles. The number of nitrogens with zero attached hydrogens (tertiary/aromatic N) is 1. The minimum Gasteiger partial charge on any atom is -0.478 e. The van der Waals surface area contributed by atoms with E-state index >= 15 is 0 Å². The molecule has 0 spiro atoms. The van der Waals surface area contributed by atoms with Crippen molar-refractivity contribution in [2.75, 3.05) is 25.1 Å². The zero-order valence-electron chi connectivity index (χ0n) is 10.8. The molecule has 2 rings (SSSR count). The lowest BCUT2D eigenvalue weighted by Crippen LogP contribution is -2.47. The molecular formula is C14H19NO3. The number of hydrogen-bond acceptors (Lipinski definition) is 3. The molecule has 0 amide bonds. The minimum atomic E-state index is -0.886. The van der Waals surface area contributed by atoms with E-state index < -0.39 is 5.97 Å². The Hall–Kier alpha value is -1.55. The second-order valence-corrected chi connectivity index (χ2v) is 5.03. The summed E-state index contributed by atoms with van der Waals surface area (Å²) >= 11 is 0. The maximum Gasteiger partial charge on any atom is 0.335 e. The number of carboxylic acid groups (broad SMARTS) is 1. The van der Waals surface area contributed by atoms with Crippen molar-refractivity contribution >= 4 is 11.7 Å². The van der Waals surface area contributed by atoms with Crippen molar-refractivity contribution in [2.45, 2.75) is 25.4 Å². The summed E-state index contributed by atoms with van der Waals surface area (Å²) in [4.78, 5) is 13.2. The van der Waals surface area contributed by atoms with Crippen LogP contribution in [0.4, 0.5) is 5.69 Å². The maximum atomic E-state index is 11.0. The number of methoxy groups -OCH3 is 1. The van der Waals surface area contributed by atoms with E-state index in [1.165, 1.54) is 0 Å². The molecule has 0 radical (unpaired) electrons. The lowest BCUT2D eigenvalue weighted by molar-refractivity contribution is -0.00465. The Kier molecular flexibility index (Phi) is 3.57. The molecule has 1 fully saturated rings. The number of piperidine rings is 1. The molecule has 4 nitrogen and oxygen atoms in total. The van der Waals surface area contributed by atoms with Gasteiger partial charge in [0.2, 0.25) is 0 Å². The van der Waals surface area contributed by atoms with Crippen LogP contribution < -0.4 is 4.90 Å². The zero-order chi connectivity index (χ0) is 13.2. The molecule has 4 heteroatoms. The van der Waals surface area contributed by atoms with Gasteiger partial charge in [0, 0.05) is 25.9 Å². The van der Waals surface area contributed by atoms with Gasteiger partial charge in [0.25, 0.3) is 0 Å². The number of carboxylic acids is 1. The predicted octanol–water partition coefficient (Wildman–Crippen LogP) is 2.39. The van der Waals surface area contributed by atoms with Gasteiger partial charge < -0.3 is 14.7 Å². The Morgan fingerprint density at radius 2 is 2.28 bits per heavy atom. The van der Waals surface area contributed by atoms with Gasteiger partial charge >= 0.3 is 5.97 Å². The van der Waals surface area contributed by atoms with Crippen LogP contribution in [0, 0.1) is 0 Å². The molecule has 1 aliphatic rings. The summed E-state index contributed by atoms with van der Waals surface area (Å²) in [5.41, 5.74) is 1.15. The van der Waals surface area contributed by atoms with E-state index in [0.717, 1.165) is 31.6 Å². The van der Waals surface area contributed by atoms with Crippen molar-refractivity contribution < 1.29 is 14.6 Å². The Bertz CT molecular complexity index is 446. The standard InChI is InChI=1S/C14H19NO3/c1-14(18-2)7-4-8-15(10-14)12-6-3-5-11(9-12)13(16)17/h3,5-6,9H,4,7-8,10H2,1-2H3,(H,16,17). The van der Waals surface area contributed by atoms with E-state index in [2.05, 4.69) is 11.8 Å². The Morgan fingerprint density at radius 1 is 1.50 bits per heavy atom. The van der Waals surface area contributed by atoms with Crippen LogP contribution >= 0.6 is 0 Å². The molecule has 0 aliphatic carbocycles. The monoisotopic (exact) mass is 249 g/mol. The Labute approximate surface area is 107 Å². The van der Waals surface area contributed by atoms with Gasteiger partial charge in [-0.1, -0.05) is 6.07 Å². The first kappa shape index (κ1) is 12.9. The fourth-order valence-corrected chi connectivity index (χ4v) is 2.43. The molecular weight excluding hydrogens is 230 g/mol. The van der Waals surface area contributed by atoms with Gasteiger partial charge in [-0.3, -0.25) is 0 Å². The molecule has 1 N–H and O–H groups in total. The van der Waals surface area contributed by atoms with Crippen LogP contribution in [-0.4, -0.2) is 36.9 Å². The Morgan fingerprint density at radius 3 is 2.94 bits per heavy atom. The molecule has 98 valence electrons. The van der Waals surface area contributed by atoms with Crippen molar-refractivity contribution in [1.29, 1.82) is 0 Å². The van der Waals surface area contributed by atoms with Gasteiger partial charge in [-0.05, 0) is 38.0 Å². The van der Waals surface area contributed by atoms with Gasteiger partial charge in [0.15, 0.2) is 0 Å². The molecule has 1 atom stereocenters. The van der Waals surface area contributed by atoms with Crippen molar-refractivity contribution in [3.8, 4) is 0 Å². The third-order valence-corrected chi connectivity index (χ3v) is 3.61. The molecule has 1 aromatic rings. The molecule has 1 heterocycles. The normalized spacial score (nSPS) is 24.0. The smallest absolute Gasteiger partial charge is 0.335 e. The largest absolute Gasteiger partial charge is 0.478 e. The number of rotatable bonds is 3. The quantitative estimate of drug-likeness (QED) is 0.893. The second-order valence-electron chi connectivity index (χ2n) is 5.03. The summed E-state index contributed by atoms with van der Waals surface area (Å²) in [6.07, 6.45) is 2.10. The SMILES string of the molecule is COC1(C)CCCN(c2cccc(C(=O)O)c2)C1. The first-order valence-corrected chi connectivity index (χ1v) is 6.17. The fraction of sp³-hybridized carbons (Fsp3) is 0.500. The highest BCUT2D eigenvalue weighted by Gasteiger charge is 2.30. The highest BCUT2D eigenvalue weighted by Crippen LogP contribution is 2.28. The van der Waals surface area contributed by atoms with Gasteiger partial charge in [-0.2, -0.15) is 0 Å². The second kappa shape index (κ2) is 4.98. The van der Waals surface area contributed by atoms with E-state index in [-0.39, 0.29) is 5.60 Å². The van der Waals surface area contributed by atoms with Crippen LogP contribution in [-0.2, 0) is 4.74 Å². The van der Waals surface area contributed by atoms with E-state index in [0.29, 0.717) is 5.56 Å². The van der Waals surface area contributed by atoms with Crippen molar-refractivity contribution in [2.24, 2.45) is 0 Å². The number of aromatic carboxylic acids is 1. The van der Waals surface area contributed by atoms with Crippen molar-refractivity contribution in [3.05, 3.63) is 29.8 Å². The third kappa shape index (κ3) is 2.64. The lowest BCUT2D eigenvalue weighted by atomic mass is 9.94. The molecule has 18 heavy (non-hydrogen) atoms. The summed E-state index contributed by atoms with van der Waals surface area (Å²) in [6, 6.07) is 7.08. The number of carbonyl (C=O) groups is 1. The highest BCUT2D eigenvalue weighted by molar-refractivity contribution is 5.88. The number of anilines is 1. The lowest BCUT2D eigenvalue weighted by Gasteiger charge is -2.40. The molecule has 1 unspecified atom stereocenters. The van der Waals surface area contributed by atoms with Crippen LogP contribution in [0.5, 0.6) is 0 Å². The van der Waals surface area contributed by atoms with Gasteiger partial charge in [-0.15, -0.1) is 0 Å². The van der Waals surface area contributed by atoms with E-state index in [1.807, 2.05) is 6.07 Å². The highest BCUT2D eigenvalue weighted by atomic mass is 16.5. The summed E-state index contributed by atoms with van der Waals surface area (Å²) in [7, 11) is 1.73. The Balaban J connectivity index is 2.21. The number of benzene rings is 1. The number of ether oxygens (including phenoxy) is 1. The predicted molar refractivity (Wildman–Crippen MR) is 70.3 cm³/mol. The van der Waals surface area contributed by atoms with Crippen LogP contribution in [0.1, 0.15) is 30.1 Å². The van der Waals surface area contributed by atoms with Gasteiger partial charge in [-0.25, -0.2) is 4.79 Å². The summed E-state index contributed by atoms with van der Waals surface area (Å²) in [5.74, 6) is -0.886. The fourth-order valence-electron chi connectivity index (χ4n) is 2.43. The third-order valence-electron chi connectivity index (χ3n) is 3.61. The van der Waals surface area contributed by atoms with Gasteiger partial charge in [0.1, 0.15) is 0 Å². The van der Waals surface area contributed by atoms with Crippen molar-refractivity contribution in [1.82, 2.24) is 0 Å². The molecule has 1 aliphatic heterocycles. The van der Waals surface area contributed by atoms with Crippen molar-refractivity contribution in [3.63, 3.8) is 0 Å². The van der Waals surface area contributed by atoms with Gasteiger partial charge in [0.05, 0.1) is 11.2 Å². The van der Waals surface area contributed by atoms with Crippen LogP contribution in [0.2, 0.25) is 0 Å². The summed E-state index contributed by atoms with van der Waals surface area (Å²) < 4.78 is 5.55. The maximum absolute atomic E-state index is 11.0. The molecule has 0 saturated carbocycles. The van der Waals surface area contributed by atoms with E-state index in [4.69, 9.17) is 9.84 Å². The van der Waals surface area contributed by atoms with Crippen LogP contribution in [0.15, 0.2) is 24.3 Å². The first-order valence-electron chi connectivity index (χ1n) is 6.17. The minimum absolute atomic E-state index is 0.141. The topological polar surface area (TPSA) is 49.8 Å². The average molecular weight is 249 g/mol. The average Bonchev–Trinajstić information content (AvgIpc) is 2.39. The van der Waals surface area contributed by atoms with E-state index in [1.54, 1.807) is 25.3 Å². The number of hydrogen-bond donors (Lipinski definition) is 1. The molecule has 0 bridgehead atoms. The molecule has 1 aromatic carbocycles. The first-order chi connectivity index (χ1) is 8.54. The van der Waals surface area contributed by atoms with E-state index in [9.17, 15) is 4.79 Å². The van der Waals surface area contributed by atoms with Crippen LogP contribution in [0.3, 0.4) is 0 Å². The van der Waals surface area contributed by atoms with Crippen LogP contribution in [0.25, 0.3) is 0 Å².